The summed E-state index contributed by atoms with van der Waals surface area (Å²) < 4.78 is 18.5. The van der Waals surface area contributed by atoms with Crippen LogP contribution in [0.4, 0.5) is 4.39 Å². The minimum Gasteiger partial charge on any atom is -0.317 e. The number of fused-ring (bicyclic) bond motifs is 1. The molecule has 0 amide bonds. The predicted molar refractivity (Wildman–Crippen MR) is 112 cm³/mol. The molecule has 2 aromatic carbocycles. The maximum Gasteiger partial charge on any atom is 0.147 e. The highest BCUT2D eigenvalue weighted by atomic mass is 19.1. The van der Waals surface area contributed by atoms with Crippen LogP contribution in [-0.4, -0.2) is 29.5 Å². The Bertz CT molecular complexity index is 1320. The van der Waals surface area contributed by atoms with Gasteiger partial charge in [0.15, 0.2) is 0 Å². The summed E-state index contributed by atoms with van der Waals surface area (Å²) in [5.41, 5.74) is 5.74. The molecule has 0 spiro atoms. The van der Waals surface area contributed by atoms with Crippen molar-refractivity contribution in [2.75, 3.05) is 0 Å². The fourth-order valence-electron chi connectivity index (χ4n) is 3.92. The second-order valence-electron chi connectivity index (χ2n) is 7.19. The van der Waals surface area contributed by atoms with Crippen LogP contribution in [-0.2, 0) is 7.05 Å². The Labute approximate surface area is 172 Å². The molecule has 0 fully saturated rings. The van der Waals surface area contributed by atoms with E-state index in [0.29, 0.717) is 5.69 Å². The van der Waals surface area contributed by atoms with Crippen LogP contribution in [0.2, 0.25) is 0 Å². The quantitative estimate of drug-likeness (QED) is 0.453. The number of aryl methyl sites for hydroxylation is 2. The SMILES string of the molecule is Cc1nnn(C)c1-c1ccc2ncn([C@@H](c3ccccc3)c3ncccc3F)c2c1. The lowest BCUT2D eigenvalue weighted by molar-refractivity contribution is 0.561. The Morgan fingerprint density at radius 3 is 2.53 bits per heavy atom. The smallest absolute Gasteiger partial charge is 0.147 e. The molecule has 0 aliphatic rings. The third-order valence-corrected chi connectivity index (χ3v) is 5.28. The van der Waals surface area contributed by atoms with Crippen molar-refractivity contribution in [3.63, 3.8) is 0 Å². The number of imidazole rings is 1. The maximum atomic E-state index is 14.8. The monoisotopic (exact) mass is 398 g/mol. The first-order valence-electron chi connectivity index (χ1n) is 9.62. The van der Waals surface area contributed by atoms with Crippen LogP contribution in [0, 0.1) is 12.7 Å². The molecule has 0 bridgehead atoms. The summed E-state index contributed by atoms with van der Waals surface area (Å²) in [5, 5.41) is 8.26. The summed E-state index contributed by atoms with van der Waals surface area (Å²) in [4.78, 5) is 8.93. The van der Waals surface area contributed by atoms with E-state index in [0.717, 1.165) is 33.5 Å². The third-order valence-electron chi connectivity index (χ3n) is 5.28. The number of rotatable bonds is 4. The van der Waals surface area contributed by atoms with E-state index >= 15 is 0 Å². The second-order valence-corrected chi connectivity index (χ2v) is 7.19. The molecule has 148 valence electrons. The summed E-state index contributed by atoms with van der Waals surface area (Å²) in [6, 6.07) is 18.4. The van der Waals surface area contributed by atoms with Crippen LogP contribution >= 0.6 is 0 Å². The predicted octanol–water partition coefficient (Wildman–Crippen LogP) is 4.31. The van der Waals surface area contributed by atoms with Gasteiger partial charge in [-0.3, -0.25) is 4.98 Å². The Hall–Kier alpha value is -3.87. The minimum atomic E-state index is -0.446. The molecule has 0 saturated heterocycles. The zero-order chi connectivity index (χ0) is 20.7. The Kier molecular flexibility index (Phi) is 4.35. The highest BCUT2D eigenvalue weighted by Crippen LogP contribution is 2.32. The van der Waals surface area contributed by atoms with Crippen LogP contribution in [0.1, 0.15) is 23.0 Å². The molecular weight excluding hydrogens is 379 g/mol. The molecule has 3 heterocycles. The molecule has 6 nitrogen and oxygen atoms in total. The summed E-state index contributed by atoms with van der Waals surface area (Å²) in [7, 11) is 1.87. The van der Waals surface area contributed by atoms with Crippen molar-refractivity contribution in [2.24, 2.45) is 7.05 Å². The number of nitrogens with zero attached hydrogens (tertiary/aromatic N) is 6. The fourth-order valence-corrected chi connectivity index (χ4v) is 3.92. The van der Waals surface area contributed by atoms with Crippen molar-refractivity contribution >= 4 is 11.0 Å². The lowest BCUT2D eigenvalue weighted by Gasteiger charge is -2.20. The van der Waals surface area contributed by atoms with Gasteiger partial charge in [0, 0.05) is 18.8 Å². The van der Waals surface area contributed by atoms with Gasteiger partial charge in [0.05, 0.1) is 28.7 Å². The van der Waals surface area contributed by atoms with Crippen molar-refractivity contribution in [1.29, 1.82) is 0 Å². The molecule has 0 N–H and O–H groups in total. The number of halogens is 1. The summed E-state index contributed by atoms with van der Waals surface area (Å²) in [5.74, 6) is -0.351. The van der Waals surface area contributed by atoms with E-state index in [9.17, 15) is 4.39 Å². The molecule has 0 saturated carbocycles. The first kappa shape index (κ1) is 18.2. The summed E-state index contributed by atoms with van der Waals surface area (Å²) >= 11 is 0. The molecule has 0 aliphatic carbocycles. The van der Waals surface area contributed by atoms with Crippen LogP contribution in [0.3, 0.4) is 0 Å². The van der Waals surface area contributed by atoms with Gasteiger partial charge in [0.2, 0.25) is 0 Å². The average Bonchev–Trinajstić information content (AvgIpc) is 3.33. The molecule has 5 aromatic rings. The topological polar surface area (TPSA) is 61.4 Å². The lowest BCUT2D eigenvalue weighted by Crippen LogP contribution is -2.14. The van der Waals surface area contributed by atoms with Crippen LogP contribution in [0.25, 0.3) is 22.3 Å². The first-order valence-corrected chi connectivity index (χ1v) is 9.62. The Balaban J connectivity index is 1.75. The molecule has 30 heavy (non-hydrogen) atoms. The molecule has 0 radical (unpaired) electrons. The Morgan fingerprint density at radius 2 is 1.80 bits per heavy atom. The molecule has 0 aliphatic heterocycles. The van der Waals surface area contributed by atoms with Crippen molar-refractivity contribution in [1.82, 2.24) is 29.5 Å². The van der Waals surface area contributed by atoms with E-state index in [2.05, 4.69) is 20.3 Å². The highest BCUT2D eigenvalue weighted by Gasteiger charge is 2.23. The molecule has 0 unspecified atom stereocenters. The van der Waals surface area contributed by atoms with Gasteiger partial charge in [-0.1, -0.05) is 41.6 Å². The lowest BCUT2D eigenvalue weighted by atomic mass is 10.0. The van der Waals surface area contributed by atoms with Gasteiger partial charge in [-0.25, -0.2) is 14.1 Å². The van der Waals surface area contributed by atoms with Crippen molar-refractivity contribution in [3.8, 4) is 11.3 Å². The summed E-state index contributed by atoms with van der Waals surface area (Å²) in [6.45, 7) is 1.93. The molecular formula is C23H19FN6. The molecule has 1 atom stereocenters. The number of benzene rings is 2. The van der Waals surface area contributed by atoms with E-state index in [4.69, 9.17) is 0 Å². The van der Waals surface area contributed by atoms with Crippen LogP contribution < -0.4 is 0 Å². The largest absolute Gasteiger partial charge is 0.317 e. The van der Waals surface area contributed by atoms with E-state index in [1.807, 2.05) is 67.1 Å². The number of hydrogen-bond acceptors (Lipinski definition) is 4. The van der Waals surface area contributed by atoms with Gasteiger partial charge >= 0.3 is 0 Å². The van der Waals surface area contributed by atoms with Gasteiger partial charge in [0.1, 0.15) is 17.6 Å². The van der Waals surface area contributed by atoms with E-state index in [1.54, 1.807) is 23.3 Å². The molecule has 3 aromatic heterocycles. The highest BCUT2D eigenvalue weighted by molar-refractivity contribution is 5.82. The normalized spacial score (nSPS) is 12.4. The van der Waals surface area contributed by atoms with Gasteiger partial charge in [-0.15, -0.1) is 5.10 Å². The number of aromatic nitrogens is 6. The zero-order valence-electron chi connectivity index (χ0n) is 16.6. The molecule has 5 rings (SSSR count). The number of pyridine rings is 1. The summed E-state index contributed by atoms with van der Waals surface area (Å²) in [6.07, 6.45) is 3.36. The maximum absolute atomic E-state index is 14.8. The van der Waals surface area contributed by atoms with Crippen molar-refractivity contribution in [3.05, 3.63) is 96.0 Å². The standard InChI is InChI=1S/C23H19FN6/c1-15-22(29(2)28-27-15)17-10-11-19-20(13-17)30(14-26-19)23(16-7-4-3-5-8-16)21-18(24)9-6-12-25-21/h3-14,23H,1-2H3/t23-/m0/s1. The van der Waals surface area contributed by atoms with Gasteiger partial charge in [0.25, 0.3) is 0 Å². The van der Waals surface area contributed by atoms with E-state index in [1.165, 1.54) is 6.07 Å². The van der Waals surface area contributed by atoms with Crippen molar-refractivity contribution in [2.45, 2.75) is 13.0 Å². The van der Waals surface area contributed by atoms with Gasteiger partial charge < -0.3 is 4.57 Å². The Morgan fingerprint density at radius 1 is 0.967 bits per heavy atom. The van der Waals surface area contributed by atoms with Crippen molar-refractivity contribution < 1.29 is 4.39 Å². The average molecular weight is 398 g/mol. The van der Waals surface area contributed by atoms with Crippen LogP contribution in [0.5, 0.6) is 0 Å². The van der Waals surface area contributed by atoms with Gasteiger partial charge in [-0.2, -0.15) is 0 Å². The second kappa shape index (κ2) is 7.18. The fraction of sp³-hybridized carbons (Fsp3) is 0.130. The third kappa shape index (κ3) is 2.95. The molecule has 7 heteroatoms. The zero-order valence-corrected chi connectivity index (χ0v) is 16.6. The first-order chi connectivity index (χ1) is 14.6. The number of hydrogen-bond donors (Lipinski definition) is 0. The minimum absolute atomic E-state index is 0.351. The van der Waals surface area contributed by atoms with E-state index < -0.39 is 6.04 Å². The van der Waals surface area contributed by atoms with E-state index in [-0.39, 0.29) is 5.82 Å². The van der Waals surface area contributed by atoms with Gasteiger partial charge in [-0.05, 0) is 36.8 Å². The van der Waals surface area contributed by atoms with Crippen LogP contribution in [0.15, 0.2) is 73.2 Å².